The molecule has 0 saturated heterocycles. The van der Waals surface area contributed by atoms with E-state index in [4.69, 9.17) is 14.2 Å². The van der Waals surface area contributed by atoms with Gasteiger partial charge in [0.15, 0.2) is 0 Å². The summed E-state index contributed by atoms with van der Waals surface area (Å²) < 4.78 is 15.6. The van der Waals surface area contributed by atoms with E-state index in [1.165, 1.54) is 14.2 Å². The summed E-state index contributed by atoms with van der Waals surface area (Å²) in [7, 11) is 3.07. The standard InChI is InChI=1S/C16H20N2O5/c1-5-23-15(19)13-9(2)17-16(20)18-14(13)10-6-11(21-3)8-12(7-10)22-4/h6-8,14H,5H2,1-4H3,(H2,17,18,20)/t14-/m0/s1. The number of ether oxygens (including phenoxy) is 3. The Morgan fingerprint density at radius 1 is 1.17 bits per heavy atom. The highest BCUT2D eigenvalue weighted by Crippen LogP contribution is 2.32. The molecule has 2 amide bonds. The van der Waals surface area contributed by atoms with Crippen LogP contribution in [0.25, 0.3) is 0 Å². The maximum Gasteiger partial charge on any atom is 0.338 e. The van der Waals surface area contributed by atoms with E-state index in [0.29, 0.717) is 28.3 Å². The fourth-order valence-electron chi connectivity index (χ4n) is 2.42. The summed E-state index contributed by atoms with van der Waals surface area (Å²) in [4.78, 5) is 24.1. The second-order valence-electron chi connectivity index (χ2n) is 4.94. The third-order valence-electron chi connectivity index (χ3n) is 3.47. The van der Waals surface area contributed by atoms with E-state index in [-0.39, 0.29) is 12.6 Å². The zero-order valence-corrected chi connectivity index (χ0v) is 13.6. The molecule has 7 nitrogen and oxygen atoms in total. The van der Waals surface area contributed by atoms with Crippen molar-refractivity contribution in [3.05, 3.63) is 35.0 Å². The van der Waals surface area contributed by atoms with Crippen molar-refractivity contribution in [2.75, 3.05) is 20.8 Å². The van der Waals surface area contributed by atoms with Gasteiger partial charge >= 0.3 is 12.0 Å². The summed E-state index contributed by atoms with van der Waals surface area (Å²) in [5.41, 5.74) is 1.47. The van der Waals surface area contributed by atoms with Crippen LogP contribution >= 0.6 is 0 Å². The first kappa shape index (κ1) is 16.7. The second-order valence-corrected chi connectivity index (χ2v) is 4.94. The fourth-order valence-corrected chi connectivity index (χ4v) is 2.42. The topological polar surface area (TPSA) is 85.9 Å². The average Bonchev–Trinajstić information content (AvgIpc) is 2.53. The van der Waals surface area contributed by atoms with Crippen LogP contribution in [0.2, 0.25) is 0 Å². The van der Waals surface area contributed by atoms with Gasteiger partial charge in [0.1, 0.15) is 11.5 Å². The van der Waals surface area contributed by atoms with E-state index in [0.717, 1.165) is 0 Å². The lowest BCUT2D eigenvalue weighted by Gasteiger charge is -2.28. The summed E-state index contributed by atoms with van der Waals surface area (Å²) in [6.07, 6.45) is 0. The van der Waals surface area contributed by atoms with Gasteiger partial charge in [-0.2, -0.15) is 0 Å². The smallest absolute Gasteiger partial charge is 0.338 e. The molecule has 0 fully saturated rings. The van der Waals surface area contributed by atoms with Crippen molar-refractivity contribution in [3.63, 3.8) is 0 Å². The number of benzene rings is 1. The monoisotopic (exact) mass is 320 g/mol. The van der Waals surface area contributed by atoms with Gasteiger partial charge in [0.25, 0.3) is 0 Å². The van der Waals surface area contributed by atoms with Crippen molar-refractivity contribution < 1.29 is 23.8 Å². The summed E-state index contributed by atoms with van der Waals surface area (Å²) in [6.45, 7) is 3.64. The number of urea groups is 1. The van der Waals surface area contributed by atoms with Crippen molar-refractivity contribution in [1.29, 1.82) is 0 Å². The van der Waals surface area contributed by atoms with Crippen LogP contribution in [-0.4, -0.2) is 32.8 Å². The molecule has 0 aromatic heterocycles. The molecule has 124 valence electrons. The zero-order valence-electron chi connectivity index (χ0n) is 13.6. The molecule has 1 aliphatic heterocycles. The Kier molecular flexibility index (Phi) is 5.10. The highest BCUT2D eigenvalue weighted by atomic mass is 16.5. The Morgan fingerprint density at radius 3 is 2.30 bits per heavy atom. The number of methoxy groups -OCH3 is 2. The van der Waals surface area contributed by atoms with Gasteiger partial charge in [-0.25, -0.2) is 9.59 Å². The number of amides is 2. The molecule has 0 spiro atoms. The summed E-state index contributed by atoms with van der Waals surface area (Å²) in [6, 6.07) is 4.16. The molecule has 0 radical (unpaired) electrons. The third-order valence-corrected chi connectivity index (χ3v) is 3.47. The van der Waals surface area contributed by atoms with Crippen LogP contribution in [-0.2, 0) is 9.53 Å². The molecule has 2 N–H and O–H groups in total. The molecule has 1 aliphatic rings. The first-order valence-electron chi connectivity index (χ1n) is 7.18. The molecule has 2 rings (SSSR count). The molecule has 1 atom stereocenters. The van der Waals surface area contributed by atoms with Gasteiger partial charge in [0.05, 0.1) is 32.4 Å². The minimum Gasteiger partial charge on any atom is -0.497 e. The van der Waals surface area contributed by atoms with Crippen LogP contribution in [0.1, 0.15) is 25.5 Å². The van der Waals surface area contributed by atoms with Crippen LogP contribution in [0.15, 0.2) is 29.5 Å². The van der Waals surface area contributed by atoms with Gasteiger partial charge in [-0.05, 0) is 31.5 Å². The predicted octanol–water partition coefficient (Wildman–Crippen LogP) is 1.89. The summed E-state index contributed by atoms with van der Waals surface area (Å²) >= 11 is 0. The molecule has 1 aromatic carbocycles. The van der Waals surface area contributed by atoms with E-state index in [1.54, 1.807) is 32.0 Å². The van der Waals surface area contributed by atoms with Gasteiger partial charge in [0, 0.05) is 11.8 Å². The molecular formula is C16H20N2O5. The van der Waals surface area contributed by atoms with E-state index in [1.807, 2.05) is 0 Å². The highest BCUT2D eigenvalue weighted by Gasteiger charge is 2.32. The number of esters is 1. The number of hydrogen-bond acceptors (Lipinski definition) is 5. The second kappa shape index (κ2) is 7.04. The van der Waals surface area contributed by atoms with Gasteiger partial charge in [-0.15, -0.1) is 0 Å². The van der Waals surface area contributed by atoms with Crippen molar-refractivity contribution in [1.82, 2.24) is 10.6 Å². The van der Waals surface area contributed by atoms with Gasteiger partial charge < -0.3 is 24.8 Å². The molecule has 23 heavy (non-hydrogen) atoms. The minimum absolute atomic E-state index is 0.248. The van der Waals surface area contributed by atoms with Gasteiger partial charge in [-0.3, -0.25) is 0 Å². The largest absolute Gasteiger partial charge is 0.497 e. The molecule has 0 aliphatic carbocycles. The maximum absolute atomic E-state index is 12.3. The number of carbonyl (C=O) groups is 2. The molecule has 0 bridgehead atoms. The fraction of sp³-hybridized carbons (Fsp3) is 0.375. The van der Waals surface area contributed by atoms with Crippen LogP contribution in [0.5, 0.6) is 11.5 Å². The van der Waals surface area contributed by atoms with Crippen molar-refractivity contribution in [2.24, 2.45) is 0 Å². The SMILES string of the molecule is CCOC(=O)C1=C(C)NC(=O)N[C@H]1c1cc(OC)cc(OC)c1. The Hall–Kier alpha value is -2.70. The molecule has 7 heteroatoms. The Labute approximate surface area is 134 Å². The average molecular weight is 320 g/mol. The van der Waals surface area contributed by atoms with Crippen LogP contribution < -0.4 is 20.1 Å². The van der Waals surface area contributed by atoms with Crippen LogP contribution in [0.3, 0.4) is 0 Å². The Balaban J connectivity index is 2.51. The Bertz CT molecular complexity index is 632. The molecule has 1 aromatic rings. The Morgan fingerprint density at radius 2 is 1.78 bits per heavy atom. The molecular weight excluding hydrogens is 300 g/mol. The van der Waals surface area contributed by atoms with Crippen LogP contribution in [0, 0.1) is 0 Å². The molecule has 0 unspecified atom stereocenters. The predicted molar refractivity (Wildman–Crippen MR) is 83.3 cm³/mol. The first-order chi connectivity index (χ1) is 11.0. The summed E-state index contributed by atoms with van der Waals surface area (Å²) in [5, 5.41) is 5.33. The van der Waals surface area contributed by atoms with E-state index in [9.17, 15) is 9.59 Å². The lowest BCUT2D eigenvalue weighted by atomic mass is 9.95. The lowest BCUT2D eigenvalue weighted by molar-refractivity contribution is -0.139. The number of rotatable bonds is 5. The molecule has 1 heterocycles. The number of carbonyl (C=O) groups excluding carboxylic acids is 2. The number of allylic oxidation sites excluding steroid dienone is 1. The first-order valence-corrected chi connectivity index (χ1v) is 7.18. The van der Waals surface area contributed by atoms with Crippen molar-refractivity contribution in [2.45, 2.75) is 19.9 Å². The van der Waals surface area contributed by atoms with Crippen molar-refractivity contribution >= 4 is 12.0 Å². The van der Waals surface area contributed by atoms with E-state index >= 15 is 0 Å². The number of nitrogens with one attached hydrogen (secondary N) is 2. The lowest BCUT2D eigenvalue weighted by Crippen LogP contribution is -2.45. The van der Waals surface area contributed by atoms with Gasteiger partial charge in [-0.1, -0.05) is 0 Å². The maximum atomic E-state index is 12.3. The van der Waals surface area contributed by atoms with Gasteiger partial charge in [0.2, 0.25) is 0 Å². The van der Waals surface area contributed by atoms with Crippen LogP contribution in [0.4, 0.5) is 4.79 Å². The molecule has 0 saturated carbocycles. The highest BCUT2D eigenvalue weighted by molar-refractivity contribution is 5.95. The third kappa shape index (κ3) is 3.56. The normalized spacial score (nSPS) is 17.2. The zero-order chi connectivity index (χ0) is 17.0. The summed E-state index contributed by atoms with van der Waals surface area (Å²) in [5.74, 6) is 0.644. The quantitative estimate of drug-likeness (QED) is 0.809. The minimum atomic E-state index is -0.646. The van der Waals surface area contributed by atoms with Crippen molar-refractivity contribution in [3.8, 4) is 11.5 Å². The van der Waals surface area contributed by atoms with E-state index in [2.05, 4.69) is 10.6 Å². The number of hydrogen-bond donors (Lipinski definition) is 2. The van der Waals surface area contributed by atoms with E-state index < -0.39 is 12.0 Å².